The molecular formula is C11H14FNO3S. The minimum atomic E-state index is -3.19. The number of aliphatic hydroxyl groups excluding tert-OH is 1. The lowest BCUT2D eigenvalue weighted by Gasteiger charge is -2.16. The first-order valence-corrected chi connectivity index (χ1v) is 7.11. The average molecular weight is 259 g/mol. The maximum Gasteiger partial charge on any atom is 0.155 e. The van der Waals surface area contributed by atoms with Crippen LogP contribution < -0.4 is 5.32 Å². The molecule has 0 aromatic heterocycles. The zero-order valence-electron chi connectivity index (χ0n) is 9.35. The van der Waals surface area contributed by atoms with Crippen LogP contribution in [0.25, 0.3) is 0 Å². The Morgan fingerprint density at radius 3 is 2.65 bits per heavy atom. The topological polar surface area (TPSA) is 66.4 Å². The highest BCUT2D eigenvalue weighted by Gasteiger charge is 2.36. The normalized spacial score (nSPS) is 27.0. The van der Waals surface area contributed by atoms with Crippen molar-refractivity contribution in [3.63, 3.8) is 0 Å². The minimum absolute atomic E-state index is 0.121. The number of halogens is 1. The Morgan fingerprint density at radius 1 is 1.41 bits per heavy atom. The fourth-order valence-corrected chi connectivity index (χ4v) is 3.60. The molecule has 6 heteroatoms. The predicted molar refractivity (Wildman–Crippen MR) is 63.2 cm³/mol. The maximum absolute atomic E-state index is 13.3. The molecule has 2 N–H and O–H groups in total. The van der Waals surface area contributed by atoms with Crippen LogP contribution >= 0.6 is 0 Å². The third kappa shape index (κ3) is 2.76. The molecule has 17 heavy (non-hydrogen) atoms. The monoisotopic (exact) mass is 259 g/mol. The molecule has 2 atom stereocenters. The summed E-state index contributed by atoms with van der Waals surface area (Å²) in [4.78, 5) is 0. The van der Waals surface area contributed by atoms with Gasteiger partial charge >= 0.3 is 0 Å². The summed E-state index contributed by atoms with van der Waals surface area (Å²) in [6, 6.07) is 4.00. The van der Waals surface area contributed by atoms with Gasteiger partial charge < -0.3 is 10.4 Å². The molecule has 0 aliphatic carbocycles. The molecule has 1 aromatic carbocycles. The fraction of sp³-hybridized carbons (Fsp3) is 0.455. The quantitative estimate of drug-likeness (QED) is 0.820. The molecule has 1 saturated heterocycles. The standard InChI is InChI=1S/C11H14FNO3S/c1-7-2-3-8(4-9(7)12)13-10-5-17(15,16)6-11(10)14/h2-4,10-11,13-14H,5-6H2,1H3. The number of hydrogen-bond acceptors (Lipinski definition) is 4. The molecule has 1 fully saturated rings. The molecular weight excluding hydrogens is 245 g/mol. The van der Waals surface area contributed by atoms with Crippen molar-refractivity contribution in [1.82, 2.24) is 0 Å². The molecule has 2 unspecified atom stereocenters. The van der Waals surface area contributed by atoms with E-state index in [4.69, 9.17) is 0 Å². The van der Waals surface area contributed by atoms with Crippen LogP contribution in [0.3, 0.4) is 0 Å². The average Bonchev–Trinajstić information content (AvgIpc) is 2.46. The van der Waals surface area contributed by atoms with E-state index in [1.54, 1.807) is 19.1 Å². The van der Waals surface area contributed by atoms with Crippen molar-refractivity contribution in [3.8, 4) is 0 Å². The highest BCUT2D eigenvalue weighted by molar-refractivity contribution is 7.91. The van der Waals surface area contributed by atoms with Crippen LogP contribution in [0.1, 0.15) is 5.56 Å². The zero-order valence-corrected chi connectivity index (χ0v) is 10.2. The third-order valence-electron chi connectivity index (χ3n) is 2.85. The van der Waals surface area contributed by atoms with Gasteiger partial charge in [-0.2, -0.15) is 0 Å². The van der Waals surface area contributed by atoms with Crippen molar-refractivity contribution in [2.75, 3.05) is 16.8 Å². The smallest absolute Gasteiger partial charge is 0.155 e. The van der Waals surface area contributed by atoms with E-state index in [1.165, 1.54) is 6.07 Å². The number of anilines is 1. The van der Waals surface area contributed by atoms with E-state index < -0.39 is 22.0 Å². The number of sulfone groups is 1. The molecule has 4 nitrogen and oxygen atoms in total. The lowest BCUT2D eigenvalue weighted by Crippen LogP contribution is -2.31. The third-order valence-corrected chi connectivity index (χ3v) is 4.56. The molecule has 0 saturated carbocycles. The largest absolute Gasteiger partial charge is 0.390 e. The van der Waals surface area contributed by atoms with Gasteiger partial charge in [-0.1, -0.05) is 6.07 Å². The summed E-state index contributed by atoms with van der Waals surface area (Å²) in [5.41, 5.74) is 1.00. The lowest BCUT2D eigenvalue weighted by atomic mass is 10.1. The van der Waals surface area contributed by atoms with Crippen molar-refractivity contribution in [1.29, 1.82) is 0 Å². The number of benzene rings is 1. The van der Waals surface area contributed by atoms with Gasteiger partial charge in [-0.15, -0.1) is 0 Å². The molecule has 2 rings (SSSR count). The van der Waals surface area contributed by atoms with E-state index in [2.05, 4.69) is 5.32 Å². The Morgan fingerprint density at radius 2 is 2.12 bits per heavy atom. The highest BCUT2D eigenvalue weighted by Crippen LogP contribution is 2.20. The summed E-state index contributed by atoms with van der Waals surface area (Å²) in [7, 11) is -3.19. The SMILES string of the molecule is Cc1ccc(NC2CS(=O)(=O)CC2O)cc1F. The second kappa shape index (κ2) is 4.27. The van der Waals surface area contributed by atoms with Crippen LogP contribution in [0.4, 0.5) is 10.1 Å². The van der Waals surface area contributed by atoms with Crippen LogP contribution in [0.15, 0.2) is 18.2 Å². The summed E-state index contributed by atoms with van der Waals surface area (Å²) in [5, 5.41) is 12.4. The Labute approximate surface area is 99.4 Å². The number of hydrogen-bond donors (Lipinski definition) is 2. The van der Waals surface area contributed by atoms with Gasteiger partial charge in [-0.3, -0.25) is 0 Å². The first kappa shape index (κ1) is 12.3. The van der Waals surface area contributed by atoms with Crippen LogP contribution in [-0.2, 0) is 9.84 Å². The van der Waals surface area contributed by atoms with E-state index in [0.29, 0.717) is 11.3 Å². The van der Waals surface area contributed by atoms with E-state index in [1.807, 2.05) is 0 Å². The van der Waals surface area contributed by atoms with Crippen molar-refractivity contribution >= 4 is 15.5 Å². The van der Waals surface area contributed by atoms with Crippen molar-refractivity contribution in [2.24, 2.45) is 0 Å². The Kier molecular flexibility index (Phi) is 3.09. The Hall–Kier alpha value is -1.14. The second-order valence-corrected chi connectivity index (χ2v) is 6.51. The summed E-state index contributed by atoms with van der Waals surface area (Å²) < 4.78 is 35.9. The van der Waals surface area contributed by atoms with Crippen molar-refractivity contribution in [3.05, 3.63) is 29.6 Å². The Balaban J connectivity index is 2.14. The molecule has 1 heterocycles. The summed E-state index contributed by atoms with van der Waals surface area (Å²) >= 11 is 0. The minimum Gasteiger partial charge on any atom is -0.390 e. The van der Waals surface area contributed by atoms with Gasteiger partial charge in [0.05, 0.1) is 23.7 Å². The molecule has 0 bridgehead atoms. The molecule has 1 aliphatic rings. The van der Waals surface area contributed by atoms with Gasteiger partial charge in [-0.05, 0) is 24.6 Å². The van der Waals surface area contributed by atoms with Gasteiger partial charge in [0, 0.05) is 5.69 Å². The lowest BCUT2D eigenvalue weighted by molar-refractivity contribution is 0.190. The molecule has 94 valence electrons. The van der Waals surface area contributed by atoms with Gasteiger partial charge in [0.25, 0.3) is 0 Å². The van der Waals surface area contributed by atoms with Crippen LogP contribution in [0.5, 0.6) is 0 Å². The number of aryl methyl sites for hydroxylation is 1. The van der Waals surface area contributed by atoms with Crippen LogP contribution in [0.2, 0.25) is 0 Å². The summed E-state index contributed by atoms with van der Waals surface area (Å²) in [6.07, 6.45) is -0.940. The van der Waals surface area contributed by atoms with Crippen molar-refractivity contribution in [2.45, 2.75) is 19.1 Å². The van der Waals surface area contributed by atoms with Crippen molar-refractivity contribution < 1.29 is 17.9 Å². The summed E-state index contributed by atoms with van der Waals surface area (Å²) in [6.45, 7) is 1.65. The number of nitrogens with one attached hydrogen (secondary N) is 1. The molecule has 1 aliphatic heterocycles. The summed E-state index contributed by atoms with van der Waals surface area (Å²) in [5.74, 6) is -0.715. The first-order valence-electron chi connectivity index (χ1n) is 5.28. The number of aliphatic hydroxyl groups is 1. The molecule has 0 spiro atoms. The maximum atomic E-state index is 13.3. The van der Waals surface area contributed by atoms with E-state index >= 15 is 0 Å². The zero-order chi connectivity index (χ0) is 12.6. The molecule has 0 amide bonds. The molecule has 0 radical (unpaired) electrons. The van der Waals surface area contributed by atoms with E-state index in [9.17, 15) is 17.9 Å². The van der Waals surface area contributed by atoms with Gasteiger partial charge in [0.15, 0.2) is 9.84 Å². The van der Waals surface area contributed by atoms with Gasteiger partial charge in [0.1, 0.15) is 5.82 Å². The predicted octanol–water partition coefficient (Wildman–Crippen LogP) is 0.704. The highest BCUT2D eigenvalue weighted by atomic mass is 32.2. The van der Waals surface area contributed by atoms with Crippen LogP contribution in [-0.4, -0.2) is 37.2 Å². The van der Waals surface area contributed by atoms with E-state index in [-0.39, 0.29) is 17.3 Å². The van der Waals surface area contributed by atoms with Gasteiger partial charge in [-0.25, -0.2) is 12.8 Å². The van der Waals surface area contributed by atoms with E-state index in [0.717, 1.165) is 0 Å². The van der Waals surface area contributed by atoms with Crippen LogP contribution in [0, 0.1) is 12.7 Å². The first-order chi connectivity index (χ1) is 7.87. The number of rotatable bonds is 2. The fourth-order valence-electron chi connectivity index (χ4n) is 1.86. The molecule has 1 aromatic rings. The Bertz CT molecular complexity index is 530. The second-order valence-electron chi connectivity index (χ2n) is 4.36. The van der Waals surface area contributed by atoms with Gasteiger partial charge in [0.2, 0.25) is 0 Å².